The van der Waals surface area contributed by atoms with Crippen molar-refractivity contribution in [2.75, 3.05) is 6.54 Å². The molecule has 1 aliphatic heterocycles. The third-order valence-electron chi connectivity index (χ3n) is 5.32. The van der Waals surface area contributed by atoms with Gasteiger partial charge >= 0.3 is 0 Å². The highest BCUT2D eigenvalue weighted by molar-refractivity contribution is 5.80. The molecule has 7 heteroatoms. The molecule has 0 saturated carbocycles. The first-order chi connectivity index (χ1) is 14.5. The molecule has 7 nitrogen and oxygen atoms in total. The monoisotopic (exact) mass is 403 g/mol. The summed E-state index contributed by atoms with van der Waals surface area (Å²) in [5.41, 5.74) is 3.01. The molecule has 1 aromatic heterocycles. The molecule has 0 radical (unpaired) electrons. The standard InChI is InChI=1S/C23H25N5O2/c1-15-7-6-8-17(11-15)12-21(30)28-14-19(24-16(2)29)13-20(28)23-25-22(26-27-23)18-9-4-3-5-10-18/h3-11,19-20H,12-14H2,1-2H3,(H,24,29)(H,25,26,27). The highest BCUT2D eigenvalue weighted by atomic mass is 16.2. The number of rotatable bonds is 5. The summed E-state index contributed by atoms with van der Waals surface area (Å²) in [6.45, 7) is 3.96. The number of aryl methyl sites for hydroxylation is 1. The van der Waals surface area contributed by atoms with Crippen LogP contribution < -0.4 is 5.32 Å². The lowest BCUT2D eigenvalue weighted by molar-refractivity contribution is -0.131. The molecule has 2 N–H and O–H groups in total. The highest BCUT2D eigenvalue weighted by Gasteiger charge is 2.38. The third-order valence-corrected chi connectivity index (χ3v) is 5.32. The lowest BCUT2D eigenvalue weighted by Gasteiger charge is -2.23. The molecule has 1 aliphatic rings. The van der Waals surface area contributed by atoms with Crippen molar-refractivity contribution in [3.63, 3.8) is 0 Å². The van der Waals surface area contributed by atoms with Gasteiger partial charge in [-0.3, -0.25) is 14.7 Å². The van der Waals surface area contributed by atoms with E-state index >= 15 is 0 Å². The summed E-state index contributed by atoms with van der Waals surface area (Å²) in [5.74, 6) is 1.14. The molecule has 3 aromatic rings. The van der Waals surface area contributed by atoms with Crippen molar-refractivity contribution in [2.45, 2.75) is 38.8 Å². The van der Waals surface area contributed by atoms with Crippen LogP contribution in [0.15, 0.2) is 54.6 Å². The van der Waals surface area contributed by atoms with Crippen LogP contribution in [0.3, 0.4) is 0 Å². The number of amides is 2. The van der Waals surface area contributed by atoms with Crippen molar-refractivity contribution in [1.29, 1.82) is 0 Å². The molecule has 2 heterocycles. The number of carbonyl (C=O) groups excluding carboxylic acids is 2. The number of aromatic amines is 1. The Morgan fingerprint density at radius 2 is 1.97 bits per heavy atom. The summed E-state index contributed by atoms with van der Waals surface area (Å²) in [7, 11) is 0. The molecule has 2 aromatic carbocycles. The molecule has 2 amide bonds. The van der Waals surface area contributed by atoms with E-state index in [0.717, 1.165) is 16.7 Å². The number of nitrogens with one attached hydrogen (secondary N) is 2. The highest BCUT2D eigenvalue weighted by Crippen LogP contribution is 2.32. The molecule has 0 aliphatic carbocycles. The zero-order chi connectivity index (χ0) is 21.1. The number of likely N-dealkylation sites (tertiary alicyclic amines) is 1. The summed E-state index contributed by atoms with van der Waals surface area (Å²) in [5, 5.41) is 10.3. The van der Waals surface area contributed by atoms with Crippen LogP contribution in [-0.4, -0.2) is 44.5 Å². The average Bonchev–Trinajstić information content (AvgIpc) is 3.35. The zero-order valence-electron chi connectivity index (χ0n) is 17.1. The fourth-order valence-corrected chi connectivity index (χ4v) is 4.00. The second-order valence-electron chi connectivity index (χ2n) is 7.77. The SMILES string of the molecule is CC(=O)NC1CC(c2nc(-c3ccccc3)n[nH]2)N(C(=O)Cc2cccc(C)c2)C1. The third kappa shape index (κ3) is 4.40. The molecule has 2 atom stereocenters. The van der Waals surface area contributed by atoms with Crippen LogP contribution in [0.5, 0.6) is 0 Å². The predicted octanol–water partition coefficient (Wildman–Crippen LogP) is 2.80. The minimum Gasteiger partial charge on any atom is -0.352 e. The number of carbonyl (C=O) groups is 2. The number of benzene rings is 2. The van der Waals surface area contributed by atoms with Crippen LogP contribution in [0.25, 0.3) is 11.4 Å². The van der Waals surface area contributed by atoms with E-state index in [-0.39, 0.29) is 23.9 Å². The molecule has 0 spiro atoms. The van der Waals surface area contributed by atoms with E-state index in [0.29, 0.717) is 31.0 Å². The summed E-state index contributed by atoms with van der Waals surface area (Å²) in [4.78, 5) is 31.2. The molecule has 1 saturated heterocycles. The van der Waals surface area contributed by atoms with Gasteiger partial charge in [0.1, 0.15) is 5.82 Å². The molecule has 1 fully saturated rings. The molecular weight excluding hydrogens is 378 g/mol. The van der Waals surface area contributed by atoms with E-state index in [4.69, 9.17) is 0 Å². The minimum absolute atomic E-state index is 0.0103. The molecule has 2 unspecified atom stereocenters. The van der Waals surface area contributed by atoms with Crippen LogP contribution in [0.2, 0.25) is 0 Å². The Morgan fingerprint density at radius 3 is 2.70 bits per heavy atom. The topological polar surface area (TPSA) is 91.0 Å². The first-order valence-electron chi connectivity index (χ1n) is 10.1. The molecule has 4 rings (SSSR count). The van der Waals surface area contributed by atoms with Gasteiger partial charge in [-0.2, -0.15) is 5.10 Å². The zero-order valence-corrected chi connectivity index (χ0v) is 17.1. The summed E-state index contributed by atoms with van der Waals surface area (Å²) in [6.07, 6.45) is 0.910. The Bertz CT molecular complexity index is 1050. The van der Waals surface area contributed by atoms with E-state index in [1.54, 1.807) is 4.90 Å². The van der Waals surface area contributed by atoms with Gasteiger partial charge in [-0.25, -0.2) is 4.98 Å². The second kappa shape index (κ2) is 8.49. The average molecular weight is 403 g/mol. The number of hydrogen-bond donors (Lipinski definition) is 2. The first-order valence-corrected chi connectivity index (χ1v) is 10.1. The van der Waals surface area contributed by atoms with Gasteiger partial charge in [-0.05, 0) is 18.9 Å². The van der Waals surface area contributed by atoms with Crippen molar-refractivity contribution in [1.82, 2.24) is 25.4 Å². The van der Waals surface area contributed by atoms with E-state index in [2.05, 4.69) is 20.5 Å². The van der Waals surface area contributed by atoms with Crippen molar-refractivity contribution in [3.8, 4) is 11.4 Å². The van der Waals surface area contributed by atoms with Crippen molar-refractivity contribution >= 4 is 11.8 Å². The molecule has 0 bridgehead atoms. The van der Waals surface area contributed by atoms with E-state index in [1.165, 1.54) is 6.92 Å². The van der Waals surface area contributed by atoms with Gasteiger partial charge in [0.2, 0.25) is 11.8 Å². The van der Waals surface area contributed by atoms with Crippen LogP contribution in [0, 0.1) is 6.92 Å². The van der Waals surface area contributed by atoms with Gasteiger partial charge in [-0.15, -0.1) is 0 Å². The van der Waals surface area contributed by atoms with Crippen molar-refractivity contribution in [3.05, 3.63) is 71.5 Å². The molecule has 154 valence electrons. The Labute approximate surface area is 175 Å². The van der Waals surface area contributed by atoms with Crippen LogP contribution >= 0.6 is 0 Å². The Kier molecular flexibility index (Phi) is 5.61. The van der Waals surface area contributed by atoms with E-state index in [9.17, 15) is 9.59 Å². The van der Waals surface area contributed by atoms with Crippen LogP contribution in [0.1, 0.15) is 36.3 Å². The summed E-state index contributed by atoms with van der Waals surface area (Å²) < 4.78 is 0. The smallest absolute Gasteiger partial charge is 0.227 e. The van der Waals surface area contributed by atoms with Crippen LogP contribution in [0.4, 0.5) is 0 Å². The van der Waals surface area contributed by atoms with Gasteiger partial charge in [0, 0.05) is 25.1 Å². The molecular formula is C23H25N5O2. The number of nitrogens with zero attached hydrogens (tertiary/aromatic N) is 3. The maximum absolute atomic E-state index is 13.2. The Hall–Kier alpha value is -3.48. The van der Waals surface area contributed by atoms with Crippen molar-refractivity contribution in [2.24, 2.45) is 0 Å². The lowest BCUT2D eigenvalue weighted by Crippen LogP contribution is -2.38. The van der Waals surface area contributed by atoms with Gasteiger partial charge in [0.05, 0.1) is 12.5 Å². The Morgan fingerprint density at radius 1 is 1.17 bits per heavy atom. The minimum atomic E-state index is -0.260. The molecule has 30 heavy (non-hydrogen) atoms. The fourth-order valence-electron chi connectivity index (χ4n) is 4.00. The lowest BCUT2D eigenvalue weighted by atomic mass is 10.1. The normalized spacial score (nSPS) is 18.4. The largest absolute Gasteiger partial charge is 0.352 e. The van der Waals surface area contributed by atoms with Gasteiger partial charge < -0.3 is 10.2 Å². The fraction of sp³-hybridized carbons (Fsp3) is 0.304. The summed E-state index contributed by atoms with van der Waals surface area (Å²) >= 11 is 0. The van der Waals surface area contributed by atoms with Gasteiger partial charge in [-0.1, -0.05) is 60.2 Å². The second-order valence-corrected chi connectivity index (χ2v) is 7.77. The quantitative estimate of drug-likeness (QED) is 0.685. The maximum Gasteiger partial charge on any atom is 0.227 e. The van der Waals surface area contributed by atoms with E-state index < -0.39 is 0 Å². The maximum atomic E-state index is 13.2. The number of H-pyrrole nitrogens is 1. The van der Waals surface area contributed by atoms with Gasteiger partial charge in [0.15, 0.2) is 5.82 Å². The first kappa shape index (κ1) is 19.8. The number of aromatic nitrogens is 3. The van der Waals surface area contributed by atoms with Crippen LogP contribution in [-0.2, 0) is 16.0 Å². The van der Waals surface area contributed by atoms with Crippen molar-refractivity contribution < 1.29 is 9.59 Å². The number of hydrogen-bond acceptors (Lipinski definition) is 4. The van der Waals surface area contributed by atoms with E-state index in [1.807, 2.05) is 61.5 Å². The Balaban J connectivity index is 1.58. The predicted molar refractivity (Wildman–Crippen MR) is 113 cm³/mol. The summed E-state index contributed by atoms with van der Waals surface area (Å²) in [6, 6.07) is 17.3. The van der Waals surface area contributed by atoms with Gasteiger partial charge in [0.25, 0.3) is 0 Å².